The van der Waals surface area contributed by atoms with E-state index >= 15 is 0 Å². The zero-order chi connectivity index (χ0) is 14.0. The predicted octanol–water partition coefficient (Wildman–Crippen LogP) is 2.62. The monoisotopic (exact) mass is 321 g/mol. The first-order valence-electron chi connectivity index (χ1n) is 6.21. The standard InChI is InChI=1S/C12H16ClNO3S2/c1-9-4-2-3-7-14(9)11(15)8-10-5-6-12(18-10)19(13,16)17/h5-6,9H,2-4,7-8H2,1H3. The summed E-state index contributed by atoms with van der Waals surface area (Å²) in [6.07, 6.45) is 3.50. The summed E-state index contributed by atoms with van der Waals surface area (Å²) in [7, 11) is 1.58. The number of amides is 1. The van der Waals surface area contributed by atoms with E-state index in [-0.39, 0.29) is 22.6 Å². The SMILES string of the molecule is CC1CCCCN1C(=O)Cc1ccc(S(=O)(=O)Cl)s1. The Labute approximate surface area is 121 Å². The molecule has 1 atom stereocenters. The molecule has 4 nitrogen and oxygen atoms in total. The van der Waals surface area contributed by atoms with E-state index in [9.17, 15) is 13.2 Å². The molecule has 1 aliphatic rings. The number of halogens is 1. The van der Waals surface area contributed by atoms with Gasteiger partial charge in [-0.3, -0.25) is 4.79 Å². The topological polar surface area (TPSA) is 54.5 Å². The highest BCUT2D eigenvalue weighted by molar-refractivity contribution is 8.15. The summed E-state index contributed by atoms with van der Waals surface area (Å²) in [5, 5.41) is 0. The molecule has 1 aliphatic heterocycles. The lowest BCUT2D eigenvalue weighted by atomic mass is 10.0. The van der Waals surface area contributed by atoms with Gasteiger partial charge in [-0.25, -0.2) is 8.42 Å². The van der Waals surface area contributed by atoms with Crippen molar-refractivity contribution in [2.45, 2.75) is 42.9 Å². The van der Waals surface area contributed by atoms with Gasteiger partial charge in [0.25, 0.3) is 9.05 Å². The Morgan fingerprint density at radius 2 is 2.21 bits per heavy atom. The molecule has 19 heavy (non-hydrogen) atoms. The lowest BCUT2D eigenvalue weighted by Crippen LogP contribution is -2.42. The van der Waals surface area contributed by atoms with Gasteiger partial charge >= 0.3 is 0 Å². The summed E-state index contributed by atoms with van der Waals surface area (Å²) in [4.78, 5) is 14.8. The van der Waals surface area contributed by atoms with Gasteiger partial charge in [-0.1, -0.05) is 0 Å². The molecule has 106 valence electrons. The Morgan fingerprint density at radius 3 is 2.79 bits per heavy atom. The molecule has 0 saturated carbocycles. The molecule has 0 aliphatic carbocycles. The van der Waals surface area contributed by atoms with Crippen LogP contribution < -0.4 is 0 Å². The summed E-state index contributed by atoms with van der Waals surface area (Å²) in [5.74, 6) is 0.0626. The second-order valence-corrected chi connectivity index (χ2v) is 8.73. The first-order chi connectivity index (χ1) is 8.88. The van der Waals surface area contributed by atoms with Gasteiger partial charge in [0.05, 0.1) is 6.42 Å². The first-order valence-corrected chi connectivity index (χ1v) is 9.33. The van der Waals surface area contributed by atoms with Gasteiger partial charge in [-0.2, -0.15) is 0 Å². The highest BCUT2D eigenvalue weighted by Gasteiger charge is 2.24. The quantitative estimate of drug-likeness (QED) is 0.804. The van der Waals surface area contributed by atoms with Gasteiger partial charge < -0.3 is 4.90 Å². The van der Waals surface area contributed by atoms with Crippen LogP contribution in [0.3, 0.4) is 0 Å². The van der Waals surface area contributed by atoms with Crippen LogP contribution in [0.2, 0.25) is 0 Å². The number of nitrogens with zero attached hydrogens (tertiary/aromatic N) is 1. The Hall–Kier alpha value is -0.590. The number of rotatable bonds is 3. The van der Waals surface area contributed by atoms with Crippen molar-refractivity contribution in [3.63, 3.8) is 0 Å². The molecule has 0 aromatic carbocycles. The van der Waals surface area contributed by atoms with E-state index in [1.807, 2.05) is 4.90 Å². The van der Waals surface area contributed by atoms with Gasteiger partial charge in [0.1, 0.15) is 4.21 Å². The van der Waals surface area contributed by atoms with Crippen molar-refractivity contribution in [3.8, 4) is 0 Å². The van der Waals surface area contributed by atoms with Crippen LogP contribution in [-0.2, 0) is 20.3 Å². The van der Waals surface area contributed by atoms with Gasteiger partial charge in [0.15, 0.2) is 0 Å². The van der Waals surface area contributed by atoms with E-state index in [0.717, 1.165) is 35.6 Å². The Bertz CT molecular complexity index is 567. The van der Waals surface area contributed by atoms with Crippen LogP contribution in [-0.4, -0.2) is 31.8 Å². The molecule has 1 unspecified atom stereocenters. The number of carbonyl (C=O) groups excluding carboxylic acids is 1. The minimum absolute atomic E-state index is 0.0626. The van der Waals surface area contributed by atoms with Crippen molar-refractivity contribution in [2.75, 3.05) is 6.54 Å². The van der Waals surface area contributed by atoms with Crippen LogP contribution in [0, 0.1) is 0 Å². The molecular weight excluding hydrogens is 306 g/mol. The molecule has 0 N–H and O–H groups in total. The smallest absolute Gasteiger partial charge is 0.270 e. The van der Waals surface area contributed by atoms with Crippen molar-refractivity contribution >= 4 is 37.0 Å². The lowest BCUT2D eigenvalue weighted by molar-refractivity contribution is -0.133. The number of hydrogen-bond acceptors (Lipinski definition) is 4. The second-order valence-electron chi connectivity index (χ2n) is 4.77. The van der Waals surface area contributed by atoms with E-state index in [0.29, 0.717) is 0 Å². The van der Waals surface area contributed by atoms with E-state index in [4.69, 9.17) is 10.7 Å². The Kier molecular flexibility index (Phi) is 4.53. The van der Waals surface area contributed by atoms with Crippen molar-refractivity contribution in [1.29, 1.82) is 0 Å². The van der Waals surface area contributed by atoms with Crippen molar-refractivity contribution in [3.05, 3.63) is 17.0 Å². The lowest BCUT2D eigenvalue weighted by Gasteiger charge is -2.33. The fourth-order valence-electron chi connectivity index (χ4n) is 2.30. The van der Waals surface area contributed by atoms with Crippen molar-refractivity contribution in [1.82, 2.24) is 4.90 Å². The van der Waals surface area contributed by atoms with Crippen molar-refractivity contribution in [2.24, 2.45) is 0 Å². The molecule has 1 aromatic rings. The van der Waals surface area contributed by atoms with Crippen LogP contribution in [0.25, 0.3) is 0 Å². The molecule has 2 heterocycles. The fraction of sp³-hybridized carbons (Fsp3) is 0.583. The maximum Gasteiger partial charge on any atom is 0.270 e. The van der Waals surface area contributed by atoms with Crippen molar-refractivity contribution < 1.29 is 13.2 Å². The molecule has 1 aromatic heterocycles. The number of carbonyl (C=O) groups is 1. The largest absolute Gasteiger partial charge is 0.340 e. The third-order valence-corrected chi connectivity index (χ3v) is 6.50. The summed E-state index contributed by atoms with van der Waals surface area (Å²) in [6.45, 7) is 2.85. The highest BCUT2D eigenvalue weighted by atomic mass is 35.7. The molecule has 0 radical (unpaired) electrons. The molecule has 1 fully saturated rings. The minimum Gasteiger partial charge on any atom is -0.340 e. The van der Waals surface area contributed by atoms with E-state index in [1.54, 1.807) is 6.07 Å². The Balaban J connectivity index is 2.04. The van der Waals surface area contributed by atoms with Gasteiger partial charge in [0, 0.05) is 28.1 Å². The maximum atomic E-state index is 12.2. The van der Waals surface area contributed by atoms with Crippen LogP contribution in [0.15, 0.2) is 16.3 Å². The maximum absolute atomic E-state index is 12.2. The van der Waals surface area contributed by atoms with Gasteiger partial charge in [-0.05, 0) is 38.3 Å². The molecule has 2 rings (SSSR count). The normalized spacial score (nSPS) is 20.5. The Morgan fingerprint density at radius 1 is 1.47 bits per heavy atom. The minimum atomic E-state index is -3.69. The zero-order valence-corrected chi connectivity index (χ0v) is 13.0. The number of piperidine rings is 1. The summed E-state index contributed by atoms with van der Waals surface area (Å²) in [6, 6.07) is 3.39. The van der Waals surface area contributed by atoms with Crippen LogP contribution in [0.5, 0.6) is 0 Å². The number of hydrogen-bond donors (Lipinski definition) is 0. The fourth-order valence-corrected chi connectivity index (χ4v) is 4.42. The summed E-state index contributed by atoms with van der Waals surface area (Å²) < 4.78 is 22.4. The third kappa shape index (κ3) is 3.70. The molecular formula is C12H16ClNO3S2. The molecule has 7 heteroatoms. The van der Waals surface area contributed by atoms with Crippen LogP contribution in [0.1, 0.15) is 31.1 Å². The molecule has 0 bridgehead atoms. The third-order valence-electron chi connectivity index (χ3n) is 3.33. The van der Waals surface area contributed by atoms with Gasteiger partial charge in [0.2, 0.25) is 5.91 Å². The second kappa shape index (κ2) is 5.81. The zero-order valence-electron chi connectivity index (χ0n) is 10.6. The summed E-state index contributed by atoms with van der Waals surface area (Å²) >= 11 is 1.07. The number of thiophene rings is 1. The predicted molar refractivity (Wildman–Crippen MR) is 76.1 cm³/mol. The highest BCUT2D eigenvalue weighted by Crippen LogP contribution is 2.26. The average molecular weight is 322 g/mol. The van der Waals surface area contributed by atoms with Gasteiger partial charge in [-0.15, -0.1) is 11.3 Å². The summed E-state index contributed by atoms with van der Waals surface area (Å²) in [5.41, 5.74) is 0. The molecule has 0 spiro atoms. The van der Waals surface area contributed by atoms with E-state index in [1.165, 1.54) is 12.5 Å². The van der Waals surface area contributed by atoms with E-state index in [2.05, 4.69) is 6.92 Å². The number of likely N-dealkylation sites (tertiary alicyclic amines) is 1. The average Bonchev–Trinajstić information content (AvgIpc) is 2.77. The molecule has 1 saturated heterocycles. The van der Waals surface area contributed by atoms with Crippen LogP contribution >= 0.6 is 22.0 Å². The van der Waals surface area contributed by atoms with E-state index < -0.39 is 9.05 Å². The van der Waals surface area contributed by atoms with Crippen LogP contribution in [0.4, 0.5) is 0 Å². The molecule has 1 amide bonds. The first kappa shape index (κ1) is 14.8.